The van der Waals surface area contributed by atoms with Crippen molar-refractivity contribution in [3.63, 3.8) is 0 Å². The third-order valence-corrected chi connectivity index (χ3v) is 3.95. The molecule has 1 aromatic heterocycles. The van der Waals surface area contributed by atoms with E-state index in [2.05, 4.69) is 42.9 Å². The molecule has 0 atom stereocenters. The van der Waals surface area contributed by atoms with Crippen LogP contribution < -0.4 is 10.2 Å². The number of carbonyl (C=O) groups is 1. The number of carbonyl (C=O) groups excluding carboxylic acids is 1. The van der Waals surface area contributed by atoms with Crippen LogP contribution in [0, 0.1) is 0 Å². The molecule has 4 nitrogen and oxygen atoms in total. The first-order valence-corrected chi connectivity index (χ1v) is 8.16. The standard InChI is InChI=1S/C19H25N3O/c1-5-22(6-2)18-11-16(12-20-13-18)19(23)21-17-9-7-15(8-10-17)14(3)4/h7-14H,5-6H2,1-4H3,(H,21,23). The van der Waals surface area contributed by atoms with Gasteiger partial charge in [-0.25, -0.2) is 0 Å². The zero-order valence-electron chi connectivity index (χ0n) is 14.3. The van der Waals surface area contributed by atoms with Crippen molar-refractivity contribution < 1.29 is 4.79 Å². The number of nitrogens with one attached hydrogen (secondary N) is 1. The number of benzene rings is 1. The summed E-state index contributed by atoms with van der Waals surface area (Å²) in [5, 5.41) is 2.93. The van der Waals surface area contributed by atoms with Crippen LogP contribution >= 0.6 is 0 Å². The molecule has 23 heavy (non-hydrogen) atoms. The highest BCUT2D eigenvalue weighted by molar-refractivity contribution is 6.04. The lowest BCUT2D eigenvalue weighted by molar-refractivity contribution is 0.102. The van der Waals surface area contributed by atoms with Crippen molar-refractivity contribution in [3.8, 4) is 0 Å². The second kappa shape index (κ2) is 7.77. The van der Waals surface area contributed by atoms with E-state index in [0.717, 1.165) is 24.5 Å². The van der Waals surface area contributed by atoms with Crippen LogP contribution in [0.2, 0.25) is 0 Å². The lowest BCUT2D eigenvalue weighted by Gasteiger charge is -2.20. The van der Waals surface area contributed by atoms with Crippen LogP contribution in [-0.2, 0) is 0 Å². The molecule has 0 unspecified atom stereocenters. The van der Waals surface area contributed by atoms with Crippen LogP contribution in [-0.4, -0.2) is 24.0 Å². The molecule has 1 aromatic carbocycles. The summed E-state index contributed by atoms with van der Waals surface area (Å²) in [5.74, 6) is 0.346. The summed E-state index contributed by atoms with van der Waals surface area (Å²) < 4.78 is 0. The Labute approximate surface area is 138 Å². The van der Waals surface area contributed by atoms with Gasteiger partial charge in [-0.15, -0.1) is 0 Å². The van der Waals surface area contributed by atoms with E-state index < -0.39 is 0 Å². The predicted molar refractivity (Wildman–Crippen MR) is 96.3 cm³/mol. The Hall–Kier alpha value is -2.36. The molecule has 0 aliphatic rings. The lowest BCUT2D eigenvalue weighted by atomic mass is 10.0. The average Bonchev–Trinajstić information content (AvgIpc) is 2.57. The van der Waals surface area contributed by atoms with E-state index in [4.69, 9.17) is 0 Å². The van der Waals surface area contributed by atoms with Gasteiger partial charge in [0.2, 0.25) is 0 Å². The molecule has 0 fully saturated rings. The molecule has 122 valence electrons. The molecule has 0 saturated heterocycles. The van der Waals surface area contributed by atoms with Gasteiger partial charge in [-0.2, -0.15) is 0 Å². The van der Waals surface area contributed by atoms with Crippen molar-refractivity contribution >= 4 is 17.3 Å². The Bertz CT molecular complexity index is 646. The molecular formula is C19H25N3O. The topological polar surface area (TPSA) is 45.2 Å². The highest BCUT2D eigenvalue weighted by Crippen LogP contribution is 2.19. The molecule has 0 saturated carbocycles. The Morgan fingerprint density at radius 2 is 1.78 bits per heavy atom. The van der Waals surface area contributed by atoms with Gasteiger partial charge < -0.3 is 10.2 Å². The van der Waals surface area contributed by atoms with Crippen LogP contribution in [0.15, 0.2) is 42.7 Å². The maximum atomic E-state index is 12.4. The van der Waals surface area contributed by atoms with E-state index in [1.165, 1.54) is 5.56 Å². The van der Waals surface area contributed by atoms with Gasteiger partial charge in [0, 0.05) is 25.0 Å². The number of hydrogen-bond acceptors (Lipinski definition) is 3. The Morgan fingerprint density at radius 1 is 1.13 bits per heavy atom. The number of nitrogens with zero attached hydrogens (tertiary/aromatic N) is 2. The molecule has 0 bridgehead atoms. The summed E-state index contributed by atoms with van der Waals surface area (Å²) >= 11 is 0. The van der Waals surface area contributed by atoms with Crippen LogP contribution in [0.25, 0.3) is 0 Å². The fourth-order valence-corrected chi connectivity index (χ4v) is 2.47. The highest BCUT2D eigenvalue weighted by atomic mass is 16.1. The van der Waals surface area contributed by atoms with Gasteiger partial charge in [0.05, 0.1) is 17.4 Å². The van der Waals surface area contributed by atoms with E-state index >= 15 is 0 Å². The van der Waals surface area contributed by atoms with Crippen molar-refractivity contribution in [2.75, 3.05) is 23.3 Å². The Kier molecular flexibility index (Phi) is 5.74. The Morgan fingerprint density at radius 3 is 2.35 bits per heavy atom. The number of hydrogen-bond donors (Lipinski definition) is 1. The molecule has 0 aliphatic carbocycles. The Balaban J connectivity index is 2.12. The van der Waals surface area contributed by atoms with Crippen LogP contribution in [0.4, 0.5) is 11.4 Å². The monoisotopic (exact) mass is 311 g/mol. The maximum absolute atomic E-state index is 12.4. The molecule has 1 heterocycles. The van der Waals surface area contributed by atoms with Gasteiger partial charge >= 0.3 is 0 Å². The average molecular weight is 311 g/mol. The van der Waals surface area contributed by atoms with Crippen molar-refractivity contribution in [3.05, 3.63) is 53.9 Å². The van der Waals surface area contributed by atoms with Crippen LogP contribution in [0.1, 0.15) is 49.5 Å². The first-order valence-electron chi connectivity index (χ1n) is 8.16. The summed E-state index contributed by atoms with van der Waals surface area (Å²) in [6.45, 7) is 10.3. The van der Waals surface area contributed by atoms with Crippen molar-refractivity contribution in [2.45, 2.75) is 33.6 Å². The summed E-state index contributed by atoms with van der Waals surface area (Å²) in [6, 6.07) is 9.86. The zero-order valence-corrected chi connectivity index (χ0v) is 14.3. The molecule has 4 heteroatoms. The van der Waals surface area contributed by atoms with Crippen LogP contribution in [0.3, 0.4) is 0 Å². The maximum Gasteiger partial charge on any atom is 0.257 e. The zero-order chi connectivity index (χ0) is 16.8. The number of rotatable bonds is 6. The highest BCUT2D eigenvalue weighted by Gasteiger charge is 2.10. The van der Waals surface area contributed by atoms with Crippen LogP contribution in [0.5, 0.6) is 0 Å². The summed E-state index contributed by atoms with van der Waals surface area (Å²) in [4.78, 5) is 18.8. The largest absolute Gasteiger partial charge is 0.371 e. The van der Waals surface area contributed by atoms with Crippen molar-refractivity contribution in [1.82, 2.24) is 4.98 Å². The summed E-state index contributed by atoms with van der Waals surface area (Å²) in [5.41, 5.74) is 3.60. The third-order valence-electron chi connectivity index (χ3n) is 3.95. The number of anilines is 2. The third kappa shape index (κ3) is 4.31. The molecule has 0 radical (unpaired) electrons. The normalized spacial score (nSPS) is 10.7. The number of amides is 1. The molecule has 0 aliphatic heterocycles. The summed E-state index contributed by atoms with van der Waals surface area (Å²) in [6.07, 6.45) is 3.39. The predicted octanol–water partition coefficient (Wildman–Crippen LogP) is 4.30. The molecule has 2 aromatic rings. The number of aromatic nitrogens is 1. The second-order valence-corrected chi connectivity index (χ2v) is 5.83. The number of pyridine rings is 1. The van der Waals surface area contributed by atoms with Crippen molar-refractivity contribution in [2.24, 2.45) is 0 Å². The van der Waals surface area contributed by atoms with Gasteiger partial charge in [0.1, 0.15) is 0 Å². The SMILES string of the molecule is CCN(CC)c1cncc(C(=O)Nc2ccc(C(C)C)cc2)c1. The van der Waals surface area contributed by atoms with Gasteiger partial charge in [0.25, 0.3) is 5.91 Å². The van der Waals surface area contributed by atoms with E-state index in [-0.39, 0.29) is 5.91 Å². The minimum absolute atomic E-state index is 0.135. The fraction of sp³-hybridized carbons (Fsp3) is 0.368. The van der Waals surface area contributed by atoms with Gasteiger partial charge in [0.15, 0.2) is 0 Å². The quantitative estimate of drug-likeness (QED) is 0.865. The molecule has 2 rings (SSSR count). The van der Waals surface area contributed by atoms with Gasteiger partial charge in [-0.3, -0.25) is 9.78 Å². The smallest absolute Gasteiger partial charge is 0.257 e. The van der Waals surface area contributed by atoms with Gasteiger partial charge in [-0.05, 0) is 43.5 Å². The molecule has 1 amide bonds. The van der Waals surface area contributed by atoms with E-state index in [0.29, 0.717) is 11.5 Å². The molecule has 0 spiro atoms. The second-order valence-electron chi connectivity index (χ2n) is 5.83. The van der Waals surface area contributed by atoms with E-state index in [9.17, 15) is 4.79 Å². The minimum Gasteiger partial charge on any atom is -0.371 e. The molecule has 1 N–H and O–H groups in total. The fourth-order valence-electron chi connectivity index (χ4n) is 2.47. The van der Waals surface area contributed by atoms with Gasteiger partial charge in [-0.1, -0.05) is 26.0 Å². The lowest BCUT2D eigenvalue weighted by Crippen LogP contribution is -2.22. The van der Waals surface area contributed by atoms with E-state index in [1.807, 2.05) is 30.3 Å². The first kappa shape index (κ1) is 17.0. The van der Waals surface area contributed by atoms with E-state index in [1.54, 1.807) is 12.4 Å². The van der Waals surface area contributed by atoms with Crippen molar-refractivity contribution in [1.29, 1.82) is 0 Å². The minimum atomic E-state index is -0.135. The summed E-state index contributed by atoms with van der Waals surface area (Å²) in [7, 11) is 0. The first-order chi connectivity index (χ1) is 11.0. The molecular weight excluding hydrogens is 286 g/mol.